The number of hydrogen-bond donors (Lipinski definition) is 1. The number of aryl methyl sites for hydroxylation is 1. The molecule has 0 atom stereocenters. The third-order valence-corrected chi connectivity index (χ3v) is 3.64. The van der Waals surface area contributed by atoms with Gasteiger partial charge in [0.1, 0.15) is 16.0 Å². The third-order valence-electron chi connectivity index (χ3n) is 3.33. The van der Waals surface area contributed by atoms with Gasteiger partial charge in [-0.3, -0.25) is 10.1 Å². The summed E-state index contributed by atoms with van der Waals surface area (Å²) in [5, 5.41) is 22.7. The summed E-state index contributed by atoms with van der Waals surface area (Å²) in [7, 11) is 0. The summed E-state index contributed by atoms with van der Waals surface area (Å²) >= 11 is 5.11. The highest BCUT2D eigenvalue weighted by atomic mass is 32.1. The summed E-state index contributed by atoms with van der Waals surface area (Å²) in [6.07, 6.45) is 1.31. The molecule has 1 aliphatic rings. The van der Waals surface area contributed by atoms with Gasteiger partial charge < -0.3 is 14.8 Å². The van der Waals surface area contributed by atoms with E-state index in [0.717, 1.165) is 23.9 Å². The second-order valence-electron chi connectivity index (χ2n) is 4.95. The number of carbonyl (C=O) groups excluding carboxylic acids is 1. The van der Waals surface area contributed by atoms with Gasteiger partial charge in [-0.05, 0) is 24.6 Å². The molecule has 0 unspecified atom stereocenters. The van der Waals surface area contributed by atoms with Gasteiger partial charge in [-0.15, -0.1) is 5.75 Å². The first-order valence-corrected chi connectivity index (χ1v) is 6.91. The van der Waals surface area contributed by atoms with Crippen molar-refractivity contribution in [3.63, 3.8) is 0 Å². The molecule has 1 aromatic carbocycles. The predicted octanol–water partition coefficient (Wildman–Crippen LogP) is 2.70. The van der Waals surface area contributed by atoms with E-state index in [1.165, 1.54) is 6.08 Å². The molecule has 2 aromatic rings. The number of nitrogens with zero attached hydrogens (tertiary/aromatic N) is 1. The zero-order valence-corrected chi connectivity index (χ0v) is 12.6. The van der Waals surface area contributed by atoms with E-state index in [1.807, 2.05) is 0 Å². The number of esters is 1. The van der Waals surface area contributed by atoms with Crippen molar-refractivity contribution in [3.05, 3.63) is 61.4 Å². The molecule has 0 saturated heterocycles. The van der Waals surface area contributed by atoms with E-state index in [0.29, 0.717) is 5.56 Å². The molecule has 1 N–H and O–H groups in total. The molecule has 0 saturated carbocycles. The molecule has 3 rings (SSSR count). The number of aromatic amines is 1. The number of carbonyl (C=O) groups is 1. The van der Waals surface area contributed by atoms with Crippen LogP contribution < -0.4 is 5.11 Å². The molecule has 7 nitrogen and oxygen atoms in total. The molecule has 0 aliphatic carbocycles. The Labute approximate surface area is 135 Å². The van der Waals surface area contributed by atoms with E-state index in [1.54, 1.807) is 13.0 Å². The average Bonchev–Trinajstić information content (AvgIpc) is 2.77. The Balaban J connectivity index is 2.17. The topological polar surface area (TPSA) is 108 Å². The monoisotopic (exact) mass is 329 g/mol. The van der Waals surface area contributed by atoms with Gasteiger partial charge in [0.25, 0.3) is 5.69 Å². The van der Waals surface area contributed by atoms with Crippen LogP contribution in [0.25, 0.3) is 11.8 Å². The third kappa shape index (κ3) is 2.59. The smallest absolute Gasteiger partial charge is 0.347 e. The van der Waals surface area contributed by atoms with Crippen molar-refractivity contribution in [1.82, 2.24) is 4.98 Å². The number of benzene rings is 1. The summed E-state index contributed by atoms with van der Waals surface area (Å²) in [4.78, 5) is 25.0. The van der Waals surface area contributed by atoms with Crippen LogP contribution in [0.3, 0.4) is 0 Å². The number of nitrogens with one attached hydrogen (secondary N) is 1. The van der Waals surface area contributed by atoms with E-state index < -0.39 is 16.6 Å². The average molecular weight is 329 g/mol. The molecule has 0 radical (unpaired) electrons. The standard InChI is InChI=1S/C15H10N2O5S/c1-7-4-10-12(22-15(19)13(10)14(23)16-7)6-8-5-9(17(20)21)2-3-11(8)18/h2-6,18H,1H3,(H,16,23)/p-1. The molecule has 8 heteroatoms. The number of ether oxygens (including phenoxy) is 1. The lowest BCUT2D eigenvalue weighted by molar-refractivity contribution is -0.385. The number of cyclic esters (lactones) is 1. The number of aromatic nitrogens is 1. The minimum atomic E-state index is -0.620. The molecule has 0 fully saturated rings. The molecule has 2 heterocycles. The van der Waals surface area contributed by atoms with Crippen molar-refractivity contribution in [2.45, 2.75) is 6.92 Å². The van der Waals surface area contributed by atoms with Crippen molar-refractivity contribution < 1.29 is 19.6 Å². The van der Waals surface area contributed by atoms with Crippen LogP contribution in [-0.4, -0.2) is 15.9 Å². The van der Waals surface area contributed by atoms with Crippen LogP contribution in [0.1, 0.15) is 27.2 Å². The van der Waals surface area contributed by atoms with Crippen molar-refractivity contribution in [2.75, 3.05) is 0 Å². The molecule has 1 aromatic heterocycles. The van der Waals surface area contributed by atoms with Crippen molar-refractivity contribution in [1.29, 1.82) is 0 Å². The van der Waals surface area contributed by atoms with Crippen LogP contribution in [-0.2, 0) is 4.74 Å². The van der Waals surface area contributed by atoms with Gasteiger partial charge in [-0.1, -0.05) is 18.3 Å². The highest BCUT2D eigenvalue weighted by molar-refractivity contribution is 7.71. The number of nitro benzene ring substituents is 1. The number of fused-ring (bicyclic) bond motifs is 1. The van der Waals surface area contributed by atoms with Crippen molar-refractivity contribution >= 4 is 35.7 Å². The molecule has 116 valence electrons. The fourth-order valence-electron chi connectivity index (χ4n) is 2.30. The Bertz CT molecular complexity index is 945. The molecule has 23 heavy (non-hydrogen) atoms. The Kier molecular flexibility index (Phi) is 3.45. The molecule has 1 aliphatic heterocycles. The maximum atomic E-state index is 11.9. The second kappa shape index (κ2) is 5.33. The van der Waals surface area contributed by atoms with Gasteiger partial charge in [0.05, 0.1) is 4.92 Å². The highest BCUT2D eigenvalue weighted by Gasteiger charge is 2.28. The zero-order chi connectivity index (χ0) is 16.7. The van der Waals surface area contributed by atoms with Crippen LogP contribution in [0.4, 0.5) is 5.69 Å². The predicted molar refractivity (Wildman–Crippen MR) is 82.2 cm³/mol. The summed E-state index contributed by atoms with van der Waals surface area (Å²) in [5.74, 6) is -0.887. The van der Waals surface area contributed by atoms with Crippen LogP contribution in [0, 0.1) is 21.7 Å². The number of pyridine rings is 1. The Morgan fingerprint density at radius 2 is 2.09 bits per heavy atom. The number of H-pyrrole nitrogens is 1. The first kappa shape index (κ1) is 14.9. The van der Waals surface area contributed by atoms with E-state index in [-0.39, 0.29) is 27.2 Å². The quantitative estimate of drug-likeness (QED) is 0.393. The van der Waals surface area contributed by atoms with Crippen molar-refractivity contribution in [3.8, 4) is 5.75 Å². The van der Waals surface area contributed by atoms with Crippen molar-refractivity contribution in [2.24, 2.45) is 0 Å². The lowest BCUT2D eigenvalue weighted by Gasteiger charge is -2.10. The van der Waals surface area contributed by atoms with E-state index in [2.05, 4.69) is 4.98 Å². The number of nitro groups is 1. The van der Waals surface area contributed by atoms with Gasteiger partial charge in [-0.2, -0.15) is 0 Å². The normalized spacial score (nSPS) is 14.7. The second-order valence-corrected chi connectivity index (χ2v) is 5.36. The molecule has 0 bridgehead atoms. The number of non-ortho nitro benzene ring substituents is 1. The fourth-order valence-corrected chi connectivity index (χ4v) is 2.66. The van der Waals surface area contributed by atoms with Crippen LogP contribution in [0.2, 0.25) is 0 Å². The van der Waals surface area contributed by atoms with Gasteiger partial charge in [0.2, 0.25) is 0 Å². The minimum Gasteiger partial charge on any atom is -0.872 e. The van der Waals surface area contributed by atoms with Crippen LogP contribution in [0.5, 0.6) is 5.75 Å². The van der Waals surface area contributed by atoms with Gasteiger partial charge >= 0.3 is 5.97 Å². The van der Waals surface area contributed by atoms with E-state index >= 15 is 0 Å². The summed E-state index contributed by atoms with van der Waals surface area (Å²) in [6.45, 7) is 1.77. The van der Waals surface area contributed by atoms with E-state index in [4.69, 9.17) is 17.0 Å². The lowest BCUT2D eigenvalue weighted by Crippen LogP contribution is -1.97. The first-order chi connectivity index (χ1) is 10.9. The molecular weight excluding hydrogens is 320 g/mol. The number of rotatable bonds is 2. The zero-order valence-electron chi connectivity index (χ0n) is 11.8. The van der Waals surface area contributed by atoms with Crippen LogP contribution >= 0.6 is 12.2 Å². The van der Waals surface area contributed by atoms with Gasteiger partial charge in [0.15, 0.2) is 0 Å². The SMILES string of the molecule is Cc1cc2c(c(=S)[nH]1)C(=O)OC2=Cc1cc([N+](=O)[O-])ccc1[O-]. The van der Waals surface area contributed by atoms with Crippen LogP contribution in [0.15, 0.2) is 24.3 Å². The summed E-state index contributed by atoms with van der Waals surface area (Å²) < 4.78 is 5.40. The minimum absolute atomic E-state index is 0.0613. The maximum absolute atomic E-state index is 11.9. The van der Waals surface area contributed by atoms with E-state index in [9.17, 15) is 20.0 Å². The summed E-state index contributed by atoms with van der Waals surface area (Å²) in [5.41, 5.74) is 1.24. The largest absolute Gasteiger partial charge is 0.872 e. The Morgan fingerprint density at radius 1 is 1.35 bits per heavy atom. The molecule has 0 amide bonds. The first-order valence-electron chi connectivity index (χ1n) is 6.50. The lowest BCUT2D eigenvalue weighted by atomic mass is 10.1. The van der Waals surface area contributed by atoms with Gasteiger partial charge in [-0.25, -0.2) is 4.79 Å². The Morgan fingerprint density at radius 3 is 2.78 bits per heavy atom. The molecule has 0 spiro atoms. The molecular formula is C15H9N2O5S-. The summed E-state index contributed by atoms with van der Waals surface area (Å²) in [6, 6.07) is 5.03. The fraction of sp³-hybridized carbons (Fsp3) is 0.0667. The highest BCUT2D eigenvalue weighted by Crippen LogP contribution is 2.34. The Hall–Kier alpha value is -3.00. The number of hydrogen-bond acceptors (Lipinski definition) is 6. The van der Waals surface area contributed by atoms with Gasteiger partial charge in [0, 0.05) is 23.4 Å². The maximum Gasteiger partial charge on any atom is 0.347 e.